The van der Waals surface area contributed by atoms with Gasteiger partial charge in [0.05, 0.1) is 25.9 Å². The van der Waals surface area contributed by atoms with Gasteiger partial charge in [-0.2, -0.15) is 0 Å². The summed E-state index contributed by atoms with van der Waals surface area (Å²) in [5.41, 5.74) is 1.53. The second-order valence-electron chi connectivity index (χ2n) is 6.73. The number of H-pyrrole nitrogens is 1. The van der Waals surface area contributed by atoms with Gasteiger partial charge in [-0.05, 0) is 31.0 Å². The van der Waals surface area contributed by atoms with Gasteiger partial charge < -0.3 is 19.9 Å². The number of amides is 1. The van der Waals surface area contributed by atoms with Crippen LogP contribution in [0.5, 0.6) is 0 Å². The summed E-state index contributed by atoms with van der Waals surface area (Å²) >= 11 is 3.44. The summed E-state index contributed by atoms with van der Waals surface area (Å²) in [4.78, 5) is 29.0. The smallest absolute Gasteiger partial charge is 0.356 e. The highest BCUT2D eigenvalue weighted by Gasteiger charge is 2.25. The molecular weight excluding hydrogens is 386 g/mol. The minimum absolute atomic E-state index is 0.0878. The number of aromatic nitrogens is 1. The highest BCUT2D eigenvalue weighted by molar-refractivity contribution is 9.10. The number of ether oxygens (including phenoxy) is 1. The zero-order chi connectivity index (χ0) is 18.0. The summed E-state index contributed by atoms with van der Waals surface area (Å²) in [6.45, 7) is 4.66. The number of aromatic amines is 1. The van der Waals surface area contributed by atoms with E-state index in [0.717, 1.165) is 34.9 Å². The second kappa shape index (κ2) is 7.58. The first-order valence-corrected chi connectivity index (χ1v) is 9.30. The summed E-state index contributed by atoms with van der Waals surface area (Å²) in [5, 5.41) is 3.71. The fourth-order valence-corrected chi connectivity index (χ4v) is 3.88. The molecule has 1 aromatic carbocycles. The van der Waals surface area contributed by atoms with Crippen LogP contribution in [0, 0.1) is 5.92 Å². The molecule has 134 valence electrons. The quantitative estimate of drug-likeness (QED) is 0.676. The van der Waals surface area contributed by atoms with E-state index in [4.69, 9.17) is 4.74 Å². The molecule has 1 unspecified atom stereocenters. The monoisotopic (exact) mass is 408 g/mol. The van der Waals surface area contributed by atoms with E-state index in [-0.39, 0.29) is 11.6 Å². The van der Waals surface area contributed by atoms with Crippen molar-refractivity contribution in [2.75, 3.05) is 32.1 Å². The minimum Gasteiger partial charge on any atom is -0.464 e. The number of methoxy groups -OCH3 is 1. The Bertz CT molecular complexity index is 802. The third kappa shape index (κ3) is 4.04. The van der Waals surface area contributed by atoms with Gasteiger partial charge in [-0.1, -0.05) is 22.9 Å². The van der Waals surface area contributed by atoms with Gasteiger partial charge in [-0.3, -0.25) is 4.79 Å². The number of hydrogen-bond acceptors (Lipinski definition) is 3. The Morgan fingerprint density at radius 3 is 2.96 bits per heavy atom. The maximum atomic E-state index is 12.6. The van der Waals surface area contributed by atoms with Crippen LogP contribution in [0.1, 0.15) is 30.3 Å². The zero-order valence-corrected chi connectivity index (χ0v) is 16.0. The lowest BCUT2D eigenvalue weighted by atomic mass is 10.0. The van der Waals surface area contributed by atoms with E-state index in [1.54, 1.807) is 0 Å². The number of halogens is 1. The normalized spacial score (nSPS) is 20.4. The topological polar surface area (TPSA) is 75.6 Å². The van der Waals surface area contributed by atoms with Crippen LogP contribution in [0.25, 0.3) is 10.9 Å². The number of benzene rings is 1. The first-order valence-electron chi connectivity index (χ1n) is 8.51. The summed E-state index contributed by atoms with van der Waals surface area (Å²) in [5.74, 6) is 0.0583. The molecule has 1 aromatic heterocycles. The summed E-state index contributed by atoms with van der Waals surface area (Å²) in [6, 6.07) is 5.62. The number of nitrogens with one attached hydrogen (secondary N) is 3. The number of fused-ring (bicyclic) bond motifs is 1. The summed E-state index contributed by atoms with van der Waals surface area (Å²) in [7, 11) is 1.33. The molecule has 3 rings (SSSR count). The lowest BCUT2D eigenvalue weighted by Crippen LogP contribution is -3.14. The summed E-state index contributed by atoms with van der Waals surface area (Å²) in [6.07, 6.45) is 2.38. The molecule has 1 saturated heterocycles. The number of likely N-dealkylation sites (tertiary alicyclic amines) is 1. The van der Waals surface area contributed by atoms with Gasteiger partial charge in [-0.25, -0.2) is 4.79 Å². The van der Waals surface area contributed by atoms with Crippen LogP contribution in [-0.4, -0.2) is 43.6 Å². The van der Waals surface area contributed by atoms with Crippen molar-refractivity contribution >= 4 is 44.4 Å². The molecule has 25 heavy (non-hydrogen) atoms. The third-order valence-corrected chi connectivity index (χ3v) is 5.18. The molecule has 0 radical (unpaired) electrons. The maximum Gasteiger partial charge on any atom is 0.356 e. The Morgan fingerprint density at radius 2 is 2.24 bits per heavy atom. The number of piperidine rings is 1. The van der Waals surface area contributed by atoms with Gasteiger partial charge in [0.15, 0.2) is 6.54 Å². The largest absolute Gasteiger partial charge is 0.464 e. The van der Waals surface area contributed by atoms with Crippen molar-refractivity contribution in [2.45, 2.75) is 19.8 Å². The van der Waals surface area contributed by atoms with Crippen molar-refractivity contribution in [1.82, 2.24) is 4.98 Å². The highest BCUT2D eigenvalue weighted by Crippen LogP contribution is 2.30. The van der Waals surface area contributed by atoms with Gasteiger partial charge in [0, 0.05) is 21.3 Å². The third-order valence-electron chi connectivity index (χ3n) is 4.69. The molecule has 1 aliphatic heterocycles. The van der Waals surface area contributed by atoms with E-state index in [1.807, 2.05) is 18.2 Å². The fourth-order valence-electron chi connectivity index (χ4n) is 3.52. The van der Waals surface area contributed by atoms with Crippen molar-refractivity contribution < 1.29 is 19.2 Å². The fraction of sp³-hybridized carbons (Fsp3) is 0.444. The number of anilines is 1. The van der Waals surface area contributed by atoms with E-state index in [1.165, 1.54) is 18.4 Å². The second-order valence-corrected chi connectivity index (χ2v) is 7.65. The van der Waals surface area contributed by atoms with E-state index in [2.05, 4.69) is 33.2 Å². The molecule has 6 nitrogen and oxygen atoms in total. The zero-order valence-electron chi connectivity index (χ0n) is 14.4. The minimum atomic E-state index is -0.499. The Morgan fingerprint density at radius 1 is 1.44 bits per heavy atom. The number of quaternary nitrogens is 1. The van der Waals surface area contributed by atoms with Gasteiger partial charge >= 0.3 is 5.97 Å². The SMILES string of the molecule is COC(=O)c1[nH]c2ccc(Br)cc2c1NC(=O)C[NH+]1CCC[C@@H](C)C1. The van der Waals surface area contributed by atoms with E-state index in [0.29, 0.717) is 18.2 Å². The van der Waals surface area contributed by atoms with Crippen molar-refractivity contribution in [3.63, 3.8) is 0 Å². The number of carbonyl (C=O) groups excluding carboxylic acids is 2. The molecule has 1 fully saturated rings. The highest BCUT2D eigenvalue weighted by atomic mass is 79.9. The van der Waals surface area contributed by atoms with Gasteiger partial charge in [0.25, 0.3) is 5.91 Å². The lowest BCUT2D eigenvalue weighted by molar-refractivity contribution is -0.900. The van der Waals surface area contributed by atoms with Crippen LogP contribution in [0.2, 0.25) is 0 Å². The molecule has 0 bridgehead atoms. The maximum absolute atomic E-state index is 12.6. The molecule has 1 aliphatic rings. The molecule has 0 spiro atoms. The molecule has 7 heteroatoms. The lowest BCUT2D eigenvalue weighted by Gasteiger charge is -2.27. The number of rotatable bonds is 4. The number of carbonyl (C=O) groups is 2. The van der Waals surface area contributed by atoms with E-state index in [9.17, 15) is 9.59 Å². The van der Waals surface area contributed by atoms with Crippen LogP contribution in [0.3, 0.4) is 0 Å². The standard InChI is InChI=1S/C18H22BrN3O3/c1-11-4-3-7-22(9-11)10-15(23)21-16-13-8-12(19)5-6-14(13)20-17(16)18(24)25-2/h5-6,8,11,20H,3-4,7,9-10H2,1-2H3,(H,21,23)/p+1/t11-/m1/s1. The van der Waals surface area contributed by atoms with Crippen LogP contribution < -0.4 is 10.2 Å². The van der Waals surface area contributed by atoms with E-state index >= 15 is 0 Å². The van der Waals surface area contributed by atoms with Gasteiger partial charge in [-0.15, -0.1) is 0 Å². The molecule has 0 aliphatic carbocycles. The molecule has 2 atom stereocenters. The van der Waals surface area contributed by atoms with Crippen molar-refractivity contribution in [1.29, 1.82) is 0 Å². The molecule has 0 saturated carbocycles. The average molecular weight is 409 g/mol. The Kier molecular flexibility index (Phi) is 5.44. The van der Waals surface area contributed by atoms with Gasteiger partial charge in [0.2, 0.25) is 0 Å². The van der Waals surface area contributed by atoms with Crippen molar-refractivity contribution in [2.24, 2.45) is 5.92 Å². The number of esters is 1. The predicted molar refractivity (Wildman–Crippen MR) is 99.9 cm³/mol. The molecule has 2 heterocycles. The van der Waals surface area contributed by atoms with Crippen molar-refractivity contribution in [3.8, 4) is 0 Å². The Hall–Kier alpha value is -1.86. The summed E-state index contributed by atoms with van der Waals surface area (Å²) < 4.78 is 5.72. The predicted octanol–water partition coefficient (Wildman–Crippen LogP) is 1.97. The first-order chi connectivity index (χ1) is 12.0. The Balaban J connectivity index is 1.84. The number of hydrogen-bond donors (Lipinski definition) is 3. The van der Waals surface area contributed by atoms with Crippen molar-refractivity contribution in [3.05, 3.63) is 28.4 Å². The molecular formula is C18H23BrN3O3+. The Labute approximate surface area is 155 Å². The van der Waals surface area contributed by atoms with E-state index < -0.39 is 5.97 Å². The molecule has 3 N–H and O–H groups in total. The van der Waals surface area contributed by atoms with Crippen LogP contribution >= 0.6 is 15.9 Å². The molecule has 1 amide bonds. The van der Waals surface area contributed by atoms with Crippen LogP contribution in [0.15, 0.2) is 22.7 Å². The molecule has 2 aromatic rings. The van der Waals surface area contributed by atoms with Crippen LogP contribution in [0.4, 0.5) is 5.69 Å². The average Bonchev–Trinajstić information content (AvgIpc) is 2.92. The van der Waals surface area contributed by atoms with Crippen LogP contribution in [-0.2, 0) is 9.53 Å². The van der Waals surface area contributed by atoms with Gasteiger partial charge in [0.1, 0.15) is 5.69 Å². The first kappa shape index (κ1) is 17.9.